The van der Waals surface area contributed by atoms with Crippen molar-refractivity contribution >= 4 is 37.7 Å². The Balaban J connectivity index is 3.01. The van der Waals surface area contributed by atoms with Gasteiger partial charge < -0.3 is 4.90 Å². The van der Waals surface area contributed by atoms with Crippen LogP contribution in [0.5, 0.6) is 0 Å². The van der Waals surface area contributed by atoms with Gasteiger partial charge in [0.1, 0.15) is 12.4 Å². The molecule has 1 heterocycles. The summed E-state index contributed by atoms with van der Waals surface area (Å²) in [6, 6.07) is 1.74. The molecule has 96 valence electrons. The highest BCUT2D eigenvalue weighted by Crippen LogP contribution is 2.29. The van der Waals surface area contributed by atoms with Crippen LogP contribution >= 0.6 is 31.9 Å². The van der Waals surface area contributed by atoms with E-state index in [-0.39, 0.29) is 6.54 Å². The van der Waals surface area contributed by atoms with E-state index in [0.717, 1.165) is 5.56 Å². The van der Waals surface area contributed by atoms with Crippen molar-refractivity contribution < 1.29 is 13.2 Å². The fourth-order valence-corrected chi connectivity index (χ4v) is 2.24. The van der Waals surface area contributed by atoms with Gasteiger partial charge in [0, 0.05) is 18.1 Å². The lowest BCUT2D eigenvalue weighted by atomic mass is 10.3. The summed E-state index contributed by atoms with van der Waals surface area (Å²) in [5.74, 6) is 0.321. The molecule has 0 aliphatic carbocycles. The standard InChI is InChI=1S/C10H11Br2F3N2/c1-7-2-4-16-9(8(7)12)17(5-3-11)6-10(13,14)15/h2,4H,3,5-6H2,1H3. The third kappa shape index (κ3) is 4.46. The van der Waals surface area contributed by atoms with Gasteiger partial charge in [0.25, 0.3) is 0 Å². The number of aryl methyl sites for hydroxylation is 1. The van der Waals surface area contributed by atoms with Gasteiger partial charge in [0.15, 0.2) is 0 Å². The van der Waals surface area contributed by atoms with Crippen molar-refractivity contribution in [2.45, 2.75) is 13.1 Å². The summed E-state index contributed by atoms with van der Waals surface area (Å²) in [7, 11) is 0. The molecule has 0 atom stereocenters. The molecule has 0 amide bonds. The second kappa shape index (κ2) is 6.04. The molecule has 0 fully saturated rings. The summed E-state index contributed by atoms with van der Waals surface area (Å²) < 4.78 is 37.9. The third-order valence-corrected chi connectivity index (χ3v) is 3.42. The van der Waals surface area contributed by atoms with Gasteiger partial charge in [-0.25, -0.2) is 4.98 Å². The Morgan fingerprint density at radius 1 is 1.41 bits per heavy atom. The average molecular weight is 376 g/mol. The zero-order valence-electron chi connectivity index (χ0n) is 9.06. The predicted molar refractivity (Wildman–Crippen MR) is 68.7 cm³/mol. The van der Waals surface area contributed by atoms with Gasteiger partial charge in [-0.3, -0.25) is 0 Å². The Bertz CT molecular complexity index is 382. The Labute approximate surface area is 114 Å². The summed E-state index contributed by atoms with van der Waals surface area (Å²) in [6.45, 7) is 1.05. The SMILES string of the molecule is Cc1ccnc(N(CCBr)CC(F)(F)F)c1Br. The fourth-order valence-electron chi connectivity index (χ4n) is 1.32. The van der Waals surface area contributed by atoms with Crippen molar-refractivity contribution in [3.05, 3.63) is 22.3 Å². The number of hydrogen-bond acceptors (Lipinski definition) is 2. The summed E-state index contributed by atoms with van der Waals surface area (Å²) in [4.78, 5) is 5.20. The first kappa shape index (κ1) is 14.8. The van der Waals surface area contributed by atoms with E-state index in [2.05, 4.69) is 36.8 Å². The van der Waals surface area contributed by atoms with Crippen LogP contribution in [0.1, 0.15) is 5.56 Å². The Hall–Kier alpha value is -0.300. The van der Waals surface area contributed by atoms with Crippen molar-refractivity contribution in [2.75, 3.05) is 23.3 Å². The van der Waals surface area contributed by atoms with Crippen LogP contribution in [-0.4, -0.2) is 29.6 Å². The number of alkyl halides is 4. The molecular weight excluding hydrogens is 365 g/mol. The normalized spacial score (nSPS) is 11.6. The van der Waals surface area contributed by atoms with Crippen molar-refractivity contribution in [3.63, 3.8) is 0 Å². The maximum atomic E-state index is 12.4. The van der Waals surface area contributed by atoms with Gasteiger partial charge in [-0.15, -0.1) is 0 Å². The van der Waals surface area contributed by atoms with E-state index < -0.39 is 12.7 Å². The zero-order chi connectivity index (χ0) is 13.1. The van der Waals surface area contributed by atoms with E-state index in [1.54, 1.807) is 6.07 Å². The zero-order valence-corrected chi connectivity index (χ0v) is 12.2. The van der Waals surface area contributed by atoms with E-state index in [1.165, 1.54) is 11.1 Å². The van der Waals surface area contributed by atoms with Gasteiger partial charge in [-0.2, -0.15) is 13.2 Å². The topological polar surface area (TPSA) is 16.1 Å². The molecule has 17 heavy (non-hydrogen) atoms. The molecule has 0 bridgehead atoms. The van der Waals surface area contributed by atoms with E-state index >= 15 is 0 Å². The van der Waals surface area contributed by atoms with Crippen LogP contribution in [0.2, 0.25) is 0 Å². The number of nitrogens with zero attached hydrogens (tertiary/aromatic N) is 2. The lowest BCUT2D eigenvalue weighted by Crippen LogP contribution is -2.36. The second-order valence-corrected chi connectivity index (χ2v) is 5.08. The van der Waals surface area contributed by atoms with Crippen LogP contribution in [0, 0.1) is 6.92 Å². The lowest BCUT2D eigenvalue weighted by molar-refractivity contribution is -0.119. The monoisotopic (exact) mass is 374 g/mol. The molecule has 1 rings (SSSR count). The van der Waals surface area contributed by atoms with Gasteiger partial charge in [0.2, 0.25) is 0 Å². The molecule has 0 radical (unpaired) electrons. The van der Waals surface area contributed by atoms with Crippen LogP contribution in [0.4, 0.5) is 19.0 Å². The minimum Gasteiger partial charge on any atom is -0.346 e. The second-order valence-electron chi connectivity index (χ2n) is 3.49. The Kier molecular flexibility index (Phi) is 5.24. The number of halogens is 5. The van der Waals surface area contributed by atoms with Crippen LogP contribution < -0.4 is 4.90 Å². The number of rotatable bonds is 4. The molecule has 0 unspecified atom stereocenters. The first-order valence-corrected chi connectivity index (χ1v) is 6.75. The van der Waals surface area contributed by atoms with Crippen LogP contribution in [0.25, 0.3) is 0 Å². The van der Waals surface area contributed by atoms with Crippen molar-refractivity contribution in [1.29, 1.82) is 0 Å². The van der Waals surface area contributed by atoms with Crippen molar-refractivity contribution in [3.8, 4) is 0 Å². The highest BCUT2D eigenvalue weighted by Gasteiger charge is 2.31. The molecule has 1 aromatic rings. The molecule has 0 aliphatic rings. The maximum absolute atomic E-state index is 12.4. The van der Waals surface area contributed by atoms with E-state index in [0.29, 0.717) is 15.6 Å². The molecule has 0 aromatic carbocycles. The molecule has 1 aromatic heterocycles. The van der Waals surface area contributed by atoms with Crippen LogP contribution in [0.3, 0.4) is 0 Å². The lowest BCUT2D eigenvalue weighted by Gasteiger charge is -2.25. The highest BCUT2D eigenvalue weighted by molar-refractivity contribution is 9.10. The first-order valence-electron chi connectivity index (χ1n) is 4.84. The molecule has 0 saturated heterocycles. The van der Waals surface area contributed by atoms with E-state index in [1.807, 2.05) is 6.92 Å². The highest BCUT2D eigenvalue weighted by atomic mass is 79.9. The van der Waals surface area contributed by atoms with E-state index in [9.17, 15) is 13.2 Å². The van der Waals surface area contributed by atoms with Gasteiger partial charge in [-0.05, 0) is 34.5 Å². The van der Waals surface area contributed by atoms with Gasteiger partial charge in [0.05, 0.1) is 4.47 Å². The number of anilines is 1. The van der Waals surface area contributed by atoms with Crippen molar-refractivity contribution in [1.82, 2.24) is 4.98 Å². The predicted octanol–water partition coefficient (Wildman–Crippen LogP) is 3.92. The molecule has 2 nitrogen and oxygen atoms in total. The molecule has 7 heteroatoms. The quantitative estimate of drug-likeness (QED) is 0.741. The number of pyridine rings is 1. The molecule has 0 aliphatic heterocycles. The average Bonchev–Trinajstić information content (AvgIpc) is 2.19. The summed E-state index contributed by atoms with van der Waals surface area (Å²) in [6.07, 6.45) is -2.74. The number of hydrogen-bond donors (Lipinski definition) is 0. The minimum absolute atomic E-state index is 0.245. The molecule has 0 N–H and O–H groups in total. The first-order chi connectivity index (χ1) is 7.85. The number of aromatic nitrogens is 1. The van der Waals surface area contributed by atoms with E-state index in [4.69, 9.17) is 0 Å². The van der Waals surface area contributed by atoms with Crippen molar-refractivity contribution in [2.24, 2.45) is 0 Å². The summed E-state index contributed by atoms with van der Waals surface area (Å²) in [5, 5.41) is 0.450. The third-order valence-electron chi connectivity index (χ3n) is 2.09. The Morgan fingerprint density at radius 3 is 2.59 bits per heavy atom. The molecule has 0 spiro atoms. The maximum Gasteiger partial charge on any atom is 0.405 e. The largest absolute Gasteiger partial charge is 0.405 e. The summed E-state index contributed by atoms with van der Waals surface area (Å²) in [5.41, 5.74) is 0.858. The van der Waals surface area contributed by atoms with Gasteiger partial charge in [-0.1, -0.05) is 15.9 Å². The summed E-state index contributed by atoms with van der Waals surface area (Å²) >= 11 is 6.42. The molecular formula is C10H11Br2F3N2. The molecule has 0 saturated carbocycles. The van der Waals surface area contributed by atoms with Crippen LogP contribution in [0.15, 0.2) is 16.7 Å². The van der Waals surface area contributed by atoms with Crippen LogP contribution in [-0.2, 0) is 0 Å². The minimum atomic E-state index is -4.24. The van der Waals surface area contributed by atoms with Gasteiger partial charge >= 0.3 is 6.18 Å². The fraction of sp³-hybridized carbons (Fsp3) is 0.500. The Morgan fingerprint density at radius 2 is 2.06 bits per heavy atom. The smallest absolute Gasteiger partial charge is 0.346 e.